The number of rotatable bonds is 4. The molecule has 0 spiro atoms. The molecule has 0 saturated carbocycles. The Morgan fingerprint density at radius 1 is 1.27 bits per heavy atom. The molecule has 0 bridgehead atoms. The molecule has 3 nitrogen and oxygen atoms in total. The van der Waals surface area contributed by atoms with Crippen molar-refractivity contribution in [2.24, 2.45) is 11.3 Å². The molecule has 1 fully saturated rings. The summed E-state index contributed by atoms with van der Waals surface area (Å²) in [5.41, 5.74) is 1.05. The van der Waals surface area contributed by atoms with Crippen molar-refractivity contribution in [1.29, 1.82) is 0 Å². The maximum absolute atomic E-state index is 13.1. The van der Waals surface area contributed by atoms with Crippen LogP contribution in [0.3, 0.4) is 0 Å². The molecular weight excluding hydrogens is 279 g/mol. The zero-order chi connectivity index (χ0) is 16.2. The van der Waals surface area contributed by atoms with E-state index in [2.05, 4.69) is 31.4 Å². The number of piperidine rings is 1. The highest BCUT2D eigenvalue weighted by molar-refractivity contribution is 5.79. The number of hydrogen-bond donors (Lipinski definition) is 2. The van der Waals surface area contributed by atoms with E-state index < -0.39 is 0 Å². The third kappa shape index (κ3) is 5.09. The Hall–Kier alpha value is -1.42. The van der Waals surface area contributed by atoms with E-state index in [4.69, 9.17) is 0 Å². The smallest absolute Gasteiger partial charge is 0.223 e. The van der Waals surface area contributed by atoms with Crippen LogP contribution >= 0.6 is 0 Å². The van der Waals surface area contributed by atoms with Gasteiger partial charge in [0.15, 0.2) is 0 Å². The predicted octanol–water partition coefficient (Wildman–Crippen LogP) is 3.42. The lowest BCUT2D eigenvalue weighted by molar-refractivity contribution is -0.126. The molecule has 1 unspecified atom stereocenters. The Morgan fingerprint density at radius 3 is 2.41 bits per heavy atom. The molecular formula is C18H27FN2O. The number of amides is 1. The first-order valence-corrected chi connectivity index (χ1v) is 8.12. The van der Waals surface area contributed by atoms with Crippen LogP contribution in [0.5, 0.6) is 0 Å². The molecule has 22 heavy (non-hydrogen) atoms. The average Bonchev–Trinajstić information content (AvgIpc) is 2.47. The molecule has 0 aliphatic carbocycles. The van der Waals surface area contributed by atoms with Crippen LogP contribution in [-0.4, -0.2) is 19.0 Å². The molecule has 1 aliphatic heterocycles. The molecule has 0 aromatic heterocycles. The van der Waals surface area contributed by atoms with Crippen molar-refractivity contribution in [1.82, 2.24) is 10.6 Å². The summed E-state index contributed by atoms with van der Waals surface area (Å²) >= 11 is 0. The van der Waals surface area contributed by atoms with E-state index in [9.17, 15) is 9.18 Å². The van der Waals surface area contributed by atoms with Crippen LogP contribution in [0.25, 0.3) is 0 Å². The monoisotopic (exact) mass is 306 g/mol. The fraction of sp³-hybridized carbons (Fsp3) is 0.611. The van der Waals surface area contributed by atoms with E-state index in [0.29, 0.717) is 0 Å². The van der Waals surface area contributed by atoms with Gasteiger partial charge in [-0.15, -0.1) is 0 Å². The van der Waals surface area contributed by atoms with Gasteiger partial charge in [0.05, 0.1) is 6.04 Å². The first-order chi connectivity index (χ1) is 10.3. The molecule has 2 rings (SSSR count). The fourth-order valence-corrected chi connectivity index (χ4v) is 2.93. The van der Waals surface area contributed by atoms with Crippen molar-refractivity contribution in [2.75, 3.05) is 13.1 Å². The number of hydrogen-bond acceptors (Lipinski definition) is 2. The van der Waals surface area contributed by atoms with Gasteiger partial charge in [0.25, 0.3) is 0 Å². The summed E-state index contributed by atoms with van der Waals surface area (Å²) in [5, 5.41) is 6.47. The highest BCUT2D eigenvalue weighted by Crippen LogP contribution is 2.30. The van der Waals surface area contributed by atoms with Crippen LogP contribution in [0, 0.1) is 17.2 Å². The van der Waals surface area contributed by atoms with Gasteiger partial charge < -0.3 is 10.6 Å². The van der Waals surface area contributed by atoms with Crippen LogP contribution in [0.15, 0.2) is 24.3 Å². The summed E-state index contributed by atoms with van der Waals surface area (Å²) in [5.74, 6) is -0.0350. The summed E-state index contributed by atoms with van der Waals surface area (Å²) in [6.45, 7) is 8.26. The number of benzene rings is 1. The van der Waals surface area contributed by atoms with Crippen LogP contribution in [0.4, 0.5) is 4.39 Å². The summed E-state index contributed by atoms with van der Waals surface area (Å²) in [7, 11) is 0. The Bertz CT molecular complexity index is 487. The van der Waals surface area contributed by atoms with Gasteiger partial charge >= 0.3 is 0 Å². The minimum atomic E-state index is -0.247. The molecule has 1 aliphatic rings. The van der Waals surface area contributed by atoms with Gasteiger partial charge in [0.2, 0.25) is 5.91 Å². The van der Waals surface area contributed by atoms with Gasteiger partial charge in [-0.1, -0.05) is 32.9 Å². The second-order valence-corrected chi connectivity index (χ2v) is 7.40. The summed E-state index contributed by atoms with van der Waals surface area (Å²) in [4.78, 5) is 12.5. The summed E-state index contributed by atoms with van der Waals surface area (Å²) in [6.07, 6.45) is 2.60. The largest absolute Gasteiger partial charge is 0.349 e. The fourth-order valence-electron chi connectivity index (χ4n) is 2.93. The zero-order valence-corrected chi connectivity index (χ0v) is 13.8. The normalized spacial score (nSPS) is 18.0. The van der Waals surface area contributed by atoms with Crippen molar-refractivity contribution in [3.8, 4) is 0 Å². The quantitative estimate of drug-likeness (QED) is 0.895. The van der Waals surface area contributed by atoms with E-state index in [1.165, 1.54) is 12.1 Å². The summed E-state index contributed by atoms with van der Waals surface area (Å²) in [6, 6.07) is 6.40. The molecule has 1 saturated heterocycles. The van der Waals surface area contributed by atoms with Gasteiger partial charge in [-0.25, -0.2) is 4.39 Å². The maximum atomic E-state index is 13.1. The van der Waals surface area contributed by atoms with Crippen molar-refractivity contribution in [3.05, 3.63) is 35.6 Å². The lowest BCUT2D eigenvalue weighted by atomic mass is 9.85. The molecule has 1 heterocycles. The predicted molar refractivity (Wildman–Crippen MR) is 86.9 cm³/mol. The molecule has 4 heteroatoms. The maximum Gasteiger partial charge on any atom is 0.223 e. The van der Waals surface area contributed by atoms with Crippen molar-refractivity contribution < 1.29 is 9.18 Å². The molecule has 1 aromatic rings. The molecule has 1 atom stereocenters. The molecule has 122 valence electrons. The van der Waals surface area contributed by atoms with E-state index >= 15 is 0 Å². The minimum Gasteiger partial charge on any atom is -0.349 e. The van der Waals surface area contributed by atoms with Gasteiger partial charge in [-0.05, 0) is 55.5 Å². The van der Waals surface area contributed by atoms with E-state index in [0.717, 1.165) is 37.9 Å². The Morgan fingerprint density at radius 2 is 1.86 bits per heavy atom. The molecule has 0 radical (unpaired) electrons. The number of halogens is 1. The number of nitrogens with one attached hydrogen (secondary N) is 2. The first-order valence-electron chi connectivity index (χ1n) is 8.12. The van der Waals surface area contributed by atoms with E-state index in [-0.39, 0.29) is 29.1 Å². The minimum absolute atomic E-state index is 0.0667. The second kappa shape index (κ2) is 7.23. The lowest BCUT2D eigenvalue weighted by Crippen LogP contribution is -2.40. The highest BCUT2D eigenvalue weighted by atomic mass is 19.1. The Labute approximate surface area is 132 Å². The lowest BCUT2D eigenvalue weighted by Gasteiger charge is -2.30. The Balaban J connectivity index is 2.10. The van der Waals surface area contributed by atoms with E-state index in [1.807, 2.05) is 0 Å². The molecule has 2 N–H and O–H groups in total. The SMILES string of the molecule is CC(C)(C)CC(NC(=O)C1CCNCC1)c1ccc(F)cc1. The third-order valence-electron chi connectivity index (χ3n) is 4.12. The number of carbonyl (C=O) groups is 1. The molecule has 1 aromatic carbocycles. The van der Waals surface area contributed by atoms with Gasteiger partial charge in [-0.2, -0.15) is 0 Å². The summed E-state index contributed by atoms with van der Waals surface area (Å²) < 4.78 is 13.1. The van der Waals surface area contributed by atoms with Crippen molar-refractivity contribution in [2.45, 2.75) is 46.1 Å². The van der Waals surface area contributed by atoms with Crippen LogP contribution in [-0.2, 0) is 4.79 Å². The van der Waals surface area contributed by atoms with Gasteiger partial charge in [0.1, 0.15) is 5.82 Å². The topological polar surface area (TPSA) is 41.1 Å². The van der Waals surface area contributed by atoms with Gasteiger partial charge in [0, 0.05) is 5.92 Å². The second-order valence-electron chi connectivity index (χ2n) is 7.40. The molecule has 1 amide bonds. The highest BCUT2D eigenvalue weighted by Gasteiger charge is 2.26. The Kier molecular flexibility index (Phi) is 5.57. The van der Waals surface area contributed by atoms with Crippen LogP contribution in [0.1, 0.15) is 51.6 Å². The van der Waals surface area contributed by atoms with Crippen molar-refractivity contribution >= 4 is 5.91 Å². The first kappa shape index (κ1) is 16.9. The third-order valence-corrected chi connectivity index (χ3v) is 4.12. The van der Waals surface area contributed by atoms with Gasteiger partial charge in [-0.3, -0.25) is 4.79 Å². The van der Waals surface area contributed by atoms with Crippen molar-refractivity contribution in [3.63, 3.8) is 0 Å². The van der Waals surface area contributed by atoms with Crippen LogP contribution in [0.2, 0.25) is 0 Å². The van der Waals surface area contributed by atoms with Crippen LogP contribution < -0.4 is 10.6 Å². The zero-order valence-electron chi connectivity index (χ0n) is 13.8. The number of carbonyl (C=O) groups excluding carboxylic acids is 1. The van der Waals surface area contributed by atoms with E-state index in [1.54, 1.807) is 12.1 Å². The standard InChI is InChI=1S/C18H27FN2O/c1-18(2,3)12-16(13-4-6-15(19)7-5-13)21-17(22)14-8-10-20-11-9-14/h4-7,14,16,20H,8-12H2,1-3H3,(H,21,22). The average molecular weight is 306 g/mol.